The smallest absolute Gasteiger partial charge is 0.368 e. The van der Waals surface area contributed by atoms with Crippen LogP contribution < -0.4 is 16.0 Å². The molecular formula is C16H22F3N5. The third-order valence-electron chi connectivity index (χ3n) is 3.48. The van der Waals surface area contributed by atoms with Crippen LogP contribution in [0.3, 0.4) is 0 Å². The van der Waals surface area contributed by atoms with E-state index in [-0.39, 0.29) is 12.4 Å². The Morgan fingerprint density at radius 3 is 2.75 bits per heavy atom. The van der Waals surface area contributed by atoms with Crippen molar-refractivity contribution in [2.45, 2.75) is 32.0 Å². The Hall–Kier alpha value is -2.25. The predicted octanol–water partition coefficient (Wildman–Crippen LogP) is 2.79. The lowest BCUT2D eigenvalue weighted by atomic mass is 10.2. The normalized spacial score (nSPS) is 15.6. The van der Waals surface area contributed by atoms with E-state index in [1.807, 2.05) is 6.92 Å². The van der Waals surface area contributed by atoms with Gasteiger partial charge in [0.25, 0.3) is 0 Å². The van der Waals surface area contributed by atoms with E-state index >= 15 is 0 Å². The number of nitrogens with one attached hydrogen (secondary N) is 3. The largest absolute Gasteiger partial charge is 0.419 e. The maximum atomic E-state index is 12.9. The predicted molar refractivity (Wildman–Crippen MR) is 89.0 cm³/mol. The molecule has 1 aromatic rings. The summed E-state index contributed by atoms with van der Waals surface area (Å²) in [6.45, 7) is 3.28. The molecule has 0 saturated heterocycles. The van der Waals surface area contributed by atoms with Gasteiger partial charge in [0.15, 0.2) is 5.96 Å². The van der Waals surface area contributed by atoms with Crippen LogP contribution in [-0.4, -0.2) is 36.6 Å². The zero-order chi connectivity index (χ0) is 17.4. The van der Waals surface area contributed by atoms with Gasteiger partial charge in [0.05, 0.1) is 12.1 Å². The van der Waals surface area contributed by atoms with Crippen LogP contribution in [0.1, 0.15) is 25.3 Å². The number of guanidine groups is 1. The molecular weight excluding hydrogens is 319 g/mol. The summed E-state index contributed by atoms with van der Waals surface area (Å²) in [6.07, 6.45) is 3.04. The highest BCUT2D eigenvalue weighted by Gasteiger charge is 2.33. The molecule has 0 aliphatic heterocycles. The number of rotatable bonds is 6. The number of hydrogen-bond donors (Lipinski definition) is 3. The molecule has 1 aromatic heterocycles. The lowest BCUT2D eigenvalue weighted by molar-refractivity contribution is -0.137. The van der Waals surface area contributed by atoms with Crippen LogP contribution in [0.15, 0.2) is 35.5 Å². The van der Waals surface area contributed by atoms with E-state index in [1.54, 1.807) is 0 Å². The highest BCUT2D eigenvalue weighted by atomic mass is 19.4. The Balaban J connectivity index is 1.88. The molecule has 3 N–H and O–H groups in total. The SMILES string of the molecule is CCNC(=NCCNc1ncccc1C(F)(F)F)NC1CC=CC1. The zero-order valence-electron chi connectivity index (χ0n) is 13.5. The topological polar surface area (TPSA) is 61.3 Å². The summed E-state index contributed by atoms with van der Waals surface area (Å²) in [7, 11) is 0. The van der Waals surface area contributed by atoms with Crippen molar-refractivity contribution < 1.29 is 13.2 Å². The number of nitrogens with zero attached hydrogens (tertiary/aromatic N) is 2. The third-order valence-corrected chi connectivity index (χ3v) is 3.48. The Bertz CT molecular complexity index is 575. The van der Waals surface area contributed by atoms with Gasteiger partial charge in [-0.25, -0.2) is 4.98 Å². The average Bonchev–Trinajstić information content (AvgIpc) is 3.04. The molecule has 24 heavy (non-hydrogen) atoms. The van der Waals surface area contributed by atoms with Gasteiger partial charge in [-0.15, -0.1) is 0 Å². The number of aliphatic imine (C=N–C) groups is 1. The molecule has 5 nitrogen and oxygen atoms in total. The second-order valence-corrected chi connectivity index (χ2v) is 5.37. The van der Waals surface area contributed by atoms with Gasteiger partial charge < -0.3 is 16.0 Å². The summed E-state index contributed by atoms with van der Waals surface area (Å²) < 4.78 is 38.6. The van der Waals surface area contributed by atoms with Gasteiger partial charge in [-0.2, -0.15) is 13.2 Å². The monoisotopic (exact) mass is 341 g/mol. The van der Waals surface area contributed by atoms with Gasteiger partial charge in [-0.1, -0.05) is 12.2 Å². The van der Waals surface area contributed by atoms with Crippen LogP contribution in [0, 0.1) is 0 Å². The van der Waals surface area contributed by atoms with Crippen molar-refractivity contribution in [3.05, 3.63) is 36.0 Å². The summed E-state index contributed by atoms with van der Waals surface area (Å²) in [5.41, 5.74) is -0.768. The molecule has 8 heteroatoms. The highest BCUT2D eigenvalue weighted by Crippen LogP contribution is 2.33. The first-order chi connectivity index (χ1) is 11.5. The standard InChI is InChI=1S/C16H22F3N5/c1-2-20-15(24-12-6-3-4-7-12)23-11-10-22-14-13(16(17,18)19)8-5-9-21-14/h3-5,8-9,12H,2,6-7,10-11H2,1H3,(H,21,22)(H2,20,23,24). The van der Waals surface area contributed by atoms with E-state index in [1.165, 1.54) is 12.3 Å². The molecule has 0 radical (unpaired) electrons. The number of aromatic nitrogens is 1. The summed E-state index contributed by atoms with van der Waals surface area (Å²) in [5.74, 6) is 0.503. The van der Waals surface area contributed by atoms with Crippen molar-refractivity contribution in [3.63, 3.8) is 0 Å². The average molecular weight is 341 g/mol. The second-order valence-electron chi connectivity index (χ2n) is 5.37. The highest BCUT2D eigenvalue weighted by molar-refractivity contribution is 5.80. The summed E-state index contributed by atoms with van der Waals surface area (Å²) in [5, 5.41) is 9.14. The van der Waals surface area contributed by atoms with Gasteiger partial charge in [-0.3, -0.25) is 4.99 Å². The Morgan fingerprint density at radius 2 is 2.08 bits per heavy atom. The molecule has 1 aliphatic rings. The van der Waals surface area contributed by atoms with E-state index < -0.39 is 11.7 Å². The summed E-state index contributed by atoms with van der Waals surface area (Å²) in [4.78, 5) is 8.14. The van der Waals surface area contributed by atoms with E-state index in [2.05, 4.69) is 38.1 Å². The Kier molecular flexibility index (Phi) is 6.45. The molecule has 0 bridgehead atoms. The minimum absolute atomic E-state index is 0.168. The minimum atomic E-state index is -4.42. The number of halogens is 3. The van der Waals surface area contributed by atoms with Crippen LogP contribution >= 0.6 is 0 Å². The van der Waals surface area contributed by atoms with Crippen LogP contribution in [0.4, 0.5) is 19.0 Å². The zero-order valence-corrected chi connectivity index (χ0v) is 13.5. The van der Waals surface area contributed by atoms with Crippen molar-refractivity contribution in [1.82, 2.24) is 15.6 Å². The molecule has 0 atom stereocenters. The van der Waals surface area contributed by atoms with Crippen molar-refractivity contribution in [2.75, 3.05) is 25.0 Å². The fraction of sp³-hybridized carbons (Fsp3) is 0.500. The van der Waals surface area contributed by atoms with Gasteiger partial charge in [0.2, 0.25) is 0 Å². The van der Waals surface area contributed by atoms with Crippen molar-refractivity contribution in [2.24, 2.45) is 4.99 Å². The maximum Gasteiger partial charge on any atom is 0.419 e. The van der Waals surface area contributed by atoms with Crippen LogP contribution in [0.2, 0.25) is 0 Å². The first-order valence-electron chi connectivity index (χ1n) is 7.96. The van der Waals surface area contributed by atoms with E-state index in [0.717, 1.165) is 25.5 Å². The number of anilines is 1. The Morgan fingerprint density at radius 1 is 1.33 bits per heavy atom. The maximum absolute atomic E-state index is 12.9. The van der Waals surface area contributed by atoms with Crippen molar-refractivity contribution in [1.29, 1.82) is 0 Å². The molecule has 2 rings (SSSR count). The van der Waals surface area contributed by atoms with Gasteiger partial charge in [0, 0.05) is 25.3 Å². The third kappa shape index (κ3) is 5.43. The van der Waals surface area contributed by atoms with Crippen LogP contribution in [0.5, 0.6) is 0 Å². The Labute approximate surface area is 139 Å². The summed E-state index contributed by atoms with van der Waals surface area (Å²) >= 11 is 0. The fourth-order valence-corrected chi connectivity index (χ4v) is 2.37. The fourth-order valence-electron chi connectivity index (χ4n) is 2.37. The number of alkyl halides is 3. The molecule has 0 fully saturated rings. The molecule has 0 saturated carbocycles. The molecule has 1 aliphatic carbocycles. The lowest BCUT2D eigenvalue weighted by Gasteiger charge is -2.17. The summed E-state index contributed by atoms with van der Waals surface area (Å²) in [6, 6.07) is 2.61. The van der Waals surface area contributed by atoms with Crippen LogP contribution in [0.25, 0.3) is 0 Å². The van der Waals surface area contributed by atoms with E-state index in [4.69, 9.17) is 0 Å². The van der Waals surface area contributed by atoms with E-state index in [9.17, 15) is 13.2 Å². The van der Waals surface area contributed by atoms with Crippen molar-refractivity contribution >= 4 is 11.8 Å². The van der Waals surface area contributed by atoms with E-state index in [0.29, 0.717) is 18.5 Å². The lowest BCUT2D eigenvalue weighted by Crippen LogP contribution is -2.42. The first kappa shape index (κ1) is 18.1. The van der Waals surface area contributed by atoms with Crippen LogP contribution in [-0.2, 0) is 6.18 Å². The molecule has 0 unspecified atom stereocenters. The molecule has 0 spiro atoms. The number of hydrogen-bond acceptors (Lipinski definition) is 3. The van der Waals surface area contributed by atoms with Gasteiger partial charge >= 0.3 is 6.18 Å². The molecule has 1 heterocycles. The van der Waals surface area contributed by atoms with Crippen molar-refractivity contribution in [3.8, 4) is 0 Å². The molecule has 0 amide bonds. The van der Waals surface area contributed by atoms with Gasteiger partial charge in [-0.05, 0) is 31.9 Å². The number of pyridine rings is 1. The molecule has 132 valence electrons. The quantitative estimate of drug-likeness (QED) is 0.322. The second kappa shape index (κ2) is 8.56. The van der Waals surface area contributed by atoms with Gasteiger partial charge in [0.1, 0.15) is 5.82 Å². The molecule has 0 aromatic carbocycles. The minimum Gasteiger partial charge on any atom is -0.368 e. The first-order valence-corrected chi connectivity index (χ1v) is 7.96.